The van der Waals surface area contributed by atoms with Crippen molar-refractivity contribution in [3.8, 4) is 0 Å². The summed E-state index contributed by atoms with van der Waals surface area (Å²) in [6, 6.07) is 8.31. The third-order valence-electron chi connectivity index (χ3n) is 4.20. The van der Waals surface area contributed by atoms with Gasteiger partial charge in [-0.15, -0.1) is 10.2 Å². The van der Waals surface area contributed by atoms with E-state index in [2.05, 4.69) is 58.6 Å². The Morgan fingerprint density at radius 1 is 1.09 bits per heavy atom. The lowest BCUT2D eigenvalue weighted by molar-refractivity contribution is 0.324. The second-order valence-electron chi connectivity index (χ2n) is 5.40. The minimum absolute atomic E-state index is 0.766. The largest absolute Gasteiger partial charge is 0.324 e. The molecule has 23 heavy (non-hydrogen) atoms. The number of rotatable bonds is 7. The first kappa shape index (κ1) is 16.2. The average Bonchev–Trinajstić information content (AvgIpc) is 2.91. The van der Waals surface area contributed by atoms with Crippen molar-refractivity contribution >= 4 is 33.8 Å². The summed E-state index contributed by atoms with van der Waals surface area (Å²) in [5.41, 5.74) is 3.02. The van der Waals surface area contributed by atoms with Gasteiger partial charge in [-0.05, 0) is 26.1 Å². The van der Waals surface area contributed by atoms with Gasteiger partial charge in [0.25, 0.3) is 0 Å². The molecule has 0 N–H and O–H groups in total. The number of thioether (sulfide) groups is 1. The normalized spacial score (nSPS) is 11.8. The first-order valence-corrected chi connectivity index (χ1v) is 9.23. The van der Waals surface area contributed by atoms with E-state index < -0.39 is 0 Å². The zero-order valence-electron chi connectivity index (χ0n) is 14.0. The second kappa shape index (κ2) is 7.27. The third kappa shape index (κ3) is 3.19. The summed E-state index contributed by atoms with van der Waals surface area (Å²) in [6.45, 7) is 10.6. The lowest BCUT2D eigenvalue weighted by Gasteiger charge is -2.16. The number of aryl methyl sites for hydroxylation is 1. The third-order valence-corrected chi connectivity index (χ3v) is 5.02. The van der Waals surface area contributed by atoms with Crippen LogP contribution in [0.4, 0.5) is 0 Å². The van der Waals surface area contributed by atoms with E-state index in [-0.39, 0.29) is 0 Å². The standard InChI is InChI=1S/C17H23N5S/c1-4-21(5-2)11-12-23-17-18-16-15(19-20-17)13-9-7-8-10-14(13)22(16)6-3/h7-10H,4-6,11-12H2,1-3H3. The van der Waals surface area contributed by atoms with Crippen molar-refractivity contribution in [3.63, 3.8) is 0 Å². The predicted octanol–water partition coefficient (Wildman–Crippen LogP) is 3.43. The SMILES string of the molecule is CCN(CC)CCSc1nnc2c3ccccc3n(CC)c2n1. The van der Waals surface area contributed by atoms with Crippen LogP contribution in [0.1, 0.15) is 20.8 Å². The molecule has 122 valence electrons. The van der Waals surface area contributed by atoms with Gasteiger partial charge < -0.3 is 9.47 Å². The maximum atomic E-state index is 4.77. The number of benzene rings is 1. The van der Waals surface area contributed by atoms with Gasteiger partial charge in [0.15, 0.2) is 5.65 Å². The second-order valence-corrected chi connectivity index (χ2v) is 6.47. The van der Waals surface area contributed by atoms with E-state index >= 15 is 0 Å². The van der Waals surface area contributed by atoms with Crippen LogP contribution >= 0.6 is 11.8 Å². The molecule has 0 amide bonds. The van der Waals surface area contributed by atoms with Gasteiger partial charge in [-0.1, -0.05) is 43.8 Å². The molecule has 0 spiro atoms. The van der Waals surface area contributed by atoms with Gasteiger partial charge in [0, 0.05) is 24.2 Å². The Morgan fingerprint density at radius 3 is 2.61 bits per heavy atom. The van der Waals surface area contributed by atoms with Crippen LogP contribution in [0.15, 0.2) is 29.4 Å². The fourth-order valence-corrected chi connectivity index (χ4v) is 3.66. The molecule has 3 aromatic rings. The van der Waals surface area contributed by atoms with Gasteiger partial charge in [-0.3, -0.25) is 0 Å². The van der Waals surface area contributed by atoms with Crippen LogP contribution in [0.25, 0.3) is 22.1 Å². The van der Waals surface area contributed by atoms with Gasteiger partial charge in [0.1, 0.15) is 5.52 Å². The Balaban J connectivity index is 1.88. The highest BCUT2D eigenvalue weighted by Gasteiger charge is 2.13. The molecule has 5 nitrogen and oxygen atoms in total. The molecule has 6 heteroatoms. The Labute approximate surface area is 141 Å². The van der Waals surface area contributed by atoms with Crippen LogP contribution in [0, 0.1) is 0 Å². The molecule has 0 saturated heterocycles. The van der Waals surface area contributed by atoms with Gasteiger partial charge in [0.2, 0.25) is 5.16 Å². The molecule has 3 rings (SSSR count). The Morgan fingerprint density at radius 2 is 1.87 bits per heavy atom. The molecule has 2 heterocycles. The molecule has 1 aromatic carbocycles. The first-order chi connectivity index (χ1) is 11.3. The van der Waals surface area contributed by atoms with E-state index in [0.29, 0.717) is 0 Å². The summed E-state index contributed by atoms with van der Waals surface area (Å²) < 4.78 is 2.22. The molecule has 0 unspecified atom stereocenters. The zero-order chi connectivity index (χ0) is 16.2. The van der Waals surface area contributed by atoms with E-state index in [1.807, 2.05) is 6.07 Å². The maximum absolute atomic E-state index is 4.77. The maximum Gasteiger partial charge on any atom is 0.211 e. The molecule has 0 radical (unpaired) electrons. The van der Waals surface area contributed by atoms with Crippen molar-refractivity contribution in [1.29, 1.82) is 0 Å². The van der Waals surface area contributed by atoms with Crippen molar-refractivity contribution < 1.29 is 0 Å². The van der Waals surface area contributed by atoms with Crippen LogP contribution in [-0.4, -0.2) is 50.0 Å². The van der Waals surface area contributed by atoms with E-state index in [0.717, 1.165) is 53.6 Å². The van der Waals surface area contributed by atoms with Crippen LogP contribution < -0.4 is 0 Å². The van der Waals surface area contributed by atoms with Crippen LogP contribution in [0.3, 0.4) is 0 Å². The van der Waals surface area contributed by atoms with Crippen LogP contribution in [0.5, 0.6) is 0 Å². The lowest BCUT2D eigenvalue weighted by atomic mass is 10.2. The molecule has 0 bridgehead atoms. The van der Waals surface area contributed by atoms with Gasteiger partial charge >= 0.3 is 0 Å². The lowest BCUT2D eigenvalue weighted by Crippen LogP contribution is -2.25. The summed E-state index contributed by atoms with van der Waals surface area (Å²) in [4.78, 5) is 7.17. The summed E-state index contributed by atoms with van der Waals surface area (Å²) in [5, 5.41) is 10.7. The van der Waals surface area contributed by atoms with E-state index in [4.69, 9.17) is 4.98 Å². The van der Waals surface area contributed by atoms with E-state index in [9.17, 15) is 0 Å². The number of hydrogen-bond donors (Lipinski definition) is 0. The highest BCUT2D eigenvalue weighted by Crippen LogP contribution is 2.26. The highest BCUT2D eigenvalue weighted by molar-refractivity contribution is 7.99. The Hall–Kier alpha value is -1.66. The monoisotopic (exact) mass is 329 g/mol. The minimum atomic E-state index is 0.766. The van der Waals surface area contributed by atoms with Crippen LogP contribution in [-0.2, 0) is 6.54 Å². The molecule has 0 aliphatic heterocycles. The molecule has 2 aromatic heterocycles. The van der Waals surface area contributed by atoms with E-state index in [1.165, 1.54) is 5.52 Å². The van der Waals surface area contributed by atoms with Crippen molar-refractivity contribution in [2.75, 3.05) is 25.4 Å². The predicted molar refractivity (Wildman–Crippen MR) is 97.0 cm³/mol. The number of fused-ring (bicyclic) bond motifs is 3. The molecule has 0 fully saturated rings. The highest BCUT2D eigenvalue weighted by atomic mass is 32.2. The van der Waals surface area contributed by atoms with Crippen molar-refractivity contribution in [1.82, 2.24) is 24.6 Å². The first-order valence-electron chi connectivity index (χ1n) is 8.25. The number of hydrogen-bond acceptors (Lipinski definition) is 5. The number of para-hydroxylation sites is 1. The molecular weight excluding hydrogens is 306 g/mol. The van der Waals surface area contributed by atoms with Gasteiger partial charge in [-0.25, -0.2) is 4.98 Å². The smallest absolute Gasteiger partial charge is 0.211 e. The molecule has 0 atom stereocenters. The van der Waals surface area contributed by atoms with Gasteiger partial charge in [0.05, 0.1) is 5.52 Å². The average molecular weight is 329 g/mol. The topological polar surface area (TPSA) is 46.8 Å². The Bertz CT molecular complexity index is 794. The van der Waals surface area contributed by atoms with Crippen molar-refractivity contribution in [3.05, 3.63) is 24.3 Å². The summed E-state index contributed by atoms with van der Waals surface area (Å²) >= 11 is 1.68. The van der Waals surface area contributed by atoms with E-state index in [1.54, 1.807) is 11.8 Å². The summed E-state index contributed by atoms with van der Waals surface area (Å²) in [6.07, 6.45) is 0. The molecule has 0 aliphatic rings. The molecular formula is C17H23N5S. The quantitative estimate of drug-likeness (QED) is 0.622. The molecule has 0 aliphatic carbocycles. The number of aromatic nitrogens is 4. The molecule has 0 saturated carbocycles. The minimum Gasteiger partial charge on any atom is -0.324 e. The number of nitrogens with zero attached hydrogens (tertiary/aromatic N) is 5. The van der Waals surface area contributed by atoms with Gasteiger partial charge in [-0.2, -0.15) is 0 Å². The van der Waals surface area contributed by atoms with Crippen molar-refractivity contribution in [2.24, 2.45) is 0 Å². The van der Waals surface area contributed by atoms with Crippen molar-refractivity contribution in [2.45, 2.75) is 32.5 Å². The summed E-state index contributed by atoms with van der Waals surface area (Å²) in [7, 11) is 0. The Kier molecular flexibility index (Phi) is 5.13. The zero-order valence-corrected chi connectivity index (χ0v) is 14.8. The summed E-state index contributed by atoms with van der Waals surface area (Å²) in [5.74, 6) is 0.987. The van der Waals surface area contributed by atoms with Crippen LogP contribution in [0.2, 0.25) is 0 Å². The fraction of sp³-hybridized carbons (Fsp3) is 0.471. The fourth-order valence-electron chi connectivity index (χ4n) is 2.88.